The topological polar surface area (TPSA) is 126 Å². The van der Waals surface area contributed by atoms with Crippen LogP contribution < -0.4 is 20.2 Å². The Morgan fingerprint density at radius 2 is 1.52 bits per heavy atom. The Bertz CT molecular complexity index is 1190. The van der Waals surface area contributed by atoms with Crippen molar-refractivity contribution in [3.05, 3.63) is 89.0 Å². The highest BCUT2D eigenvalue weighted by Crippen LogP contribution is 2.32. The molecule has 0 aliphatic heterocycles. The first kappa shape index (κ1) is 23.0. The summed E-state index contributed by atoms with van der Waals surface area (Å²) in [4.78, 5) is 36.2. The van der Waals surface area contributed by atoms with E-state index in [9.17, 15) is 19.5 Å². The van der Waals surface area contributed by atoms with E-state index in [0.29, 0.717) is 16.8 Å². The molecular weight excluding hydrogens is 426 g/mol. The summed E-state index contributed by atoms with van der Waals surface area (Å²) in [6.45, 7) is 0. The van der Waals surface area contributed by atoms with Crippen molar-refractivity contribution in [1.82, 2.24) is 5.43 Å². The number of nitrogens with one attached hydrogen (secondary N) is 2. The van der Waals surface area contributed by atoms with E-state index in [2.05, 4.69) is 15.8 Å². The van der Waals surface area contributed by atoms with E-state index in [1.165, 1.54) is 44.7 Å². The van der Waals surface area contributed by atoms with Gasteiger partial charge in [0.25, 0.3) is 11.8 Å². The van der Waals surface area contributed by atoms with E-state index in [0.717, 1.165) is 0 Å². The number of carboxylic acid groups (broad SMARTS) is 1. The van der Waals surface area contributed by atoms with Crippen molar-refractivity contribution in [3.8, 4) is 11.5 Å². The maximum absolute atomic E-state index is 12.4. The quantitative estimate of drug-likeness (QED) is 0.359. The minimum absolute atomic E-state index is 0.0495. The molecule has 168 valence electrons. The number of aromatic carboxylic acids is 1. The third kappa shape index (κ3) is 5.53. The predicted molar refractivity (Wildman–Crippen MR) is 122 cm³/mol. The lowest BCUT2D eigenvalue weighted by molar-refractivity contribution is 0.0692. The minimum Gasteiger partial charge on any atom is -0.493 e. The summed E-state index contributed by atoms with van der Waals surface area (Å²) in [5.41, 5.74) is 3.77. The molecule has 0 unspecified atom stereocenters. The van der Waals surface area contributed by atoms with Gasteiger partial charge in [0.15, 0.2) is 11.5 Å². The SMILES string of the molecule is COc1ccc(/C=N\NC(=O)c2ccc(NC(=O)c3ccccc3)cc2)c(C(=O)O)c1OC. The van der Waals surface area contributed by atoms with Crippen LogP contribution in [-0.2, 0) is 0 Å². The van der Waals surface area contributed by atoms with Crippen molar-refractivity contribution in [2.45, 2.75) is 0 Å². The fourth-order valence-electron chi connectivity index (χ4n) is 2.99. The first-order chi connectivity index (χ1) is 15.9. The van der Waals surface area contributed by atoms with E-state index in [1.54, 1.807) is 36.4 Å². The van der Waals surface area contributed by atoms with Crippen LogP contribution in [-0.4, -0.2) is 43.3 Å². The third-order valence-corrected chi connectivity index (χ3v) is 4.60. The van der Waals surface area contributed by atoms with Crippen LogP contribution in [0.5, 0.6) is 11.5 Å². The van der Waals surface area contributed by atoms with Gasteiger partial charge in [0.05, 0.1) is 20.4 Å². The average Bonchev–Trinajstić information content (AvgIpc) is 2.84. The molecule has 3 aromatic carbocycles. The van der Waals surface area contributed by atoms with Gasteiger partial charge in [0.1, 0.15) is 5.56 Å². The van der Waals surface area contributed by atoms with Gasteiger partial charge >= 0.3 is 5.97 Å². The number of anilines is 1. The molecule has 0 saturated carbocycles. The Morgan fingerprint density at radius 1 is 0.848 bits per heavy atom. The Balaban J connectivity index is 1.67. The predicted octanol–water partition coefficient (Wildman–Crippen LogP) is 3.42. The van der Waals surface area contributed by atoms with Crippen LogP contribution in [0.1, 0.15) is 36.6 Å². The van der Waals surface area contributed by atoms with Crippen LogP contribution in [0.3, 0.4) is 0 Å². The maximum Gasteiger partial charge on any atom is 0.340 e. The standard InChI is InChI=1S/C24H21N3O6/c1-32-19-13-10-17(20(24(30)31)21(19)33-2)14-25-27-23(29)16-8-11-18(12-9-16)26-22(28)15-6-4-3-5-7-15/h3-14H,1-2H3,(H,26,28)(H,27,29)(H,30,31)/b25-14-. The Morgan fingerprint density at radius 3 is 2.12 bits per heavy atom. The average molecular weight is 447 g/mol. The summed E-state index contributed by atoms with van der Waals surface area (Å²) in [5.74, 6) is -1.69. The number of carbonyl (C=O) groups excluding carboxylic acids is 2. The summed E-state index contributed by atoms with van der Waals surface area (Å²) in [5, 5.41) is 16.1. The van der Waals surface area contributed by atoms with Crippen LogP contribution in [0.15, 0.2) is 71.8 Å². The molecule has 3 rings (SSSR count). The number of benzene rings is 3. The molecule has 3 N–H and O–H groups in total. The van der Waals surface area contributed by atoms with Crippen molar-refractivity contribution in [2.24, 2.45) is 5.10 Å². The third-order valence-electron chi connectivity index (χ3n) is 4.60. The smallest absolute Gasteiger partial charge is 0.340 e. The monoisotopic (exact) mass is 447 g/mol. The van der Waals surface area contributed by atoms with Crippen LogP contribution >= 0.6 is 0 Å². The van der Waals surface area contributed by atoms with Crippen LogP contribution in [0.25, 0.3) is 0 Å². The Labute approximate surface area is 189 Å². The van der Waals surface area contributed by atoms with Crippen LogP contribution in [0.2, 0.25) is 0 Å². The lowest BCUT2D eigenvalue weighted by atomic mass is 10.1. The molecule has 0 fully saturated rings. The number of hydrogen-bond acceptors (Lipinski definition) is 6. The Kier molecular flexibility index (Phi) is 7.38. The van der Waals surface area contributed by atoms with E-state index >= 15 is 0 Å². The maximum atomic E-state index is 12.4. The summed E-state index contributed by atoms with van der Waals surface area (Å²) in [6, 6.07) is 18.0. The minimum atomic E-state index is -1.23. The molecule has 0 aromatic heterocycles. The lowest BCUT2D eigenvalue weighted by Crippen LogP contribution is -2.18. The molecule has 0 aliphatic rings. The second kappa shape index (κ2) is 10.6. The molecule has 0 bridgehead atoms. The molecule has 0 aliphatic carbocycles. The molecule has 9 nitrogen and oxygen atoms in total. The van der Waals surface area contributed by atoms with Crippen LogP contribution in [0, 0.1) is 0 Å². The first-order valence-corrected chi connectivity index (χ1v) is 9.72. The molecule has 0 heterocycles. The van der Waals surface area contributed by atoms with Gasteiger partial charge in [0, 0.05) is 22.4 Å². The van der Waals surface area contributed by atoms with Gasteiger partial charge in [-0.15, -0.1) is 0 Å². The normalized spacial score (nSPS) is 10.5. The molecule has 0 atom stereocenters. The zero-order valence-electron chi connectivity index (χ0n) is 17.9. The Hall–Kier alpha value is -4.66. The van der Waals surface area contributed by atoms with E-state index in [-0.39, 0.29) is 28.5 Å². The number of methoxy groups -OCH3 is 2. The van der Waals surface area contributed by atoms with Gasteiger partial charge < -0.3 is 19.9 Å². The molecule has 0 spiro atoms. The van der Waals surface area contributed by atoms with Crippen LogP contribution in [0.4, 0.5) is 5.69 Å². The van der Waals surface area contributed by atoms with Crippen molar-refractivity contribution >= 4 is 29.7 Å². The second-order valence-electron chi connectivity index (χ2n) is 6.67. The number of rotatable bonds is 8. The number of carboxylic acids is 1. The molecule has 0 saturated heterocycles. The first-order valence-electron chi connectivity index (χ1n) is 9.72. The number of ether oxygens (including phenoxy) is 2. The number of hydrazone groups is 1. The largest absolute Gasteiger partial charge is 0.493 e. The molecule has 9 heteroatoms. The van der Waals surface area contributed by atoms with Gasteiger partial charge in [-0.1, -0.05) is 18.2 Å². The van der Waals surface area contributed by atoms with Gasteiger partial charge in [-0.25, -0.2) is 10.2 Å². The molecule has 3 aromatic rings. The zero-order valence-corrected chi connectivity index (χ0v) is 17.9. The molecular formula is C24H21N3O6. The second-order valence-corrected chi connectivity index (χ2v) is 6.67. The summed E-state index contributed by atoms with van der Waals surface area (Å²) >= 11 is 0. The fourth-order valence-corrected chi connectivity index (χ4v) is 2.99. The van der Waals surface area contributed by atoms with E-state index in [1.807, 2.05) is 6.07 Å². The lowest BCUT2D eigenvalue weighted by Gasteiger charge is -2.12. The van der Waals surface area contributed by atoms with Crippen molar-refractivity contribution in [3.63, 3.8) is 0 Å². The summed E-state index contributed by atoms with van der Waals surface area (Å²) in [7, 11) is 2.73. The fraction of sp³-hybridized carbons (Fsp3) is 0.0833. The number of carbonyl (C=O) groups is 3. The molecule has 0 radical (unpaired) electrons. The number of hydrogen-bond donors (Lipinski definition) is 3. The highest BCUT2D eigenvalue weighted by molar-refractivity contribution is 6.05. The van der Waals surface area contributed by atoms with Crippen molar-refractivity contribution < 1.29 is 29.0 Å². The van der Waals surface area contributed by atoms with Gasteiger partial charge in [-0.3, -0.25) is 9.59 Å². The van der Waals surface area contributed by atoms with Gasteiger partial charge in [-0.2, -0.15) is 5.10 Å². The molecule has 2 amide bonds. The van der Waals surface area contributed by atoms with Gasteiger partial charge in [-0.05, 0) is 48.5 Å². The number of amides is 2. The van der Waals surface area contributed by atoms with Gasteiger partial charge in [0.2, 0.25) is 0 Å². The highest BCUT2D eigenvalue weighted by atomic mass is 16.5. The zero-order chi connectivity index (χ0) is 23.8. The van der Waals surface area contributed by atoms with Crippen molar-refractivity contribution in [2.75, 3.05) is 19.5 Å². The summed E-state index contributed by atoms with van der Waals surface area (Å²) < 4.78 is 10.3. The molecule has 33 heavy (non-hydrogen) atoms. The highest BCUT2D eigenvalue weighted by Gasteiger charge is 2.20. The van der Waals surface area contributed by atoms with E-state index in [4.69, 9.17) is 9.47 Å². The van der Waals surface area contributed by atoms with E-state index < -0.39 is 11.9 Å². The number of nitrogens with zero attached hydrogens (tertiary/aromatic N) is 1. The summed E-state index contributed by atoms with van der Waals surface area (Å²) in [6.07, 6.45) is 1.21. The van der Waals surface area contributed by atoms with Crippen molar-refractivity contribution in [1.29, 1.82) is 0 Å².